The molecule has 21 heavy (non-hydrogen) atoms. The van der Waals surface area contributed by atoms with E-state index in [2.05, 4.69) is 10.3 Å². The topological polar surface area (TPSA) is 45.2 Å². The van der Waals surface area contributed by atoms with E-state index >= 15 is 0 Å². The van der Waals surface area contributed by atoms with Crippen LogP contribution in [0.15, 0.2) is 34.0 Å². The van der Waals surface area contributed by atoms with Crippen LogP contribution in [-0.4, -0.2) is 48.2 Å². The fourth-order valence-corrected chi connectivity index (χ4v) is 3.62. The van der Waals surface area contributed by atoms with E-state index < -0.39 is 0 Å². The number of nitrogens with one attached hydrogen (secondary N) is 1. The first kappa shape index (κ1) is 14.6. The smallest absolute Gasteiger partial charge is 0.253 e. The molecule has 0 spiro atoms. The lowest BCUT2D eigenvalue weighted by Gasteiger charge is -2.27. The minimum atomic E-state index is 0.110. The lowest BCUT2D eigenvalue weighted by atomic mass is 10.1. The molecule has 0 unspecified atom stereocenters. The molecule has 2 heterocycles. The predicted molar refractivity (Wildman–Crippen MR) is 88.1 cm³/mol. The SMILES string of the molecule is CSc1nc(-c2cccc(C(=O)N3CCNCC3)c2)cs1. The van der Waals surface area contributed by atoms with Gasteiger partial charge in [-0.1, -0.05) is 23.9 Å². The third kappa shape index (κ3) is 3.28. The van der Waals surface area contributed by atoms with Crippen LogP contribution in [0.1, 0.15) is 10.4 Å². The second-order valence-corrected chi connectivity index (χ2v) is 6.74. The van der Waals surface area contributed by atoms with Crippen molar-refractivity contribution in [2.75, 3.05) is 32.4 Å². The van der Waals surface area contributed by atoms with Crippen LogP contribution in [0.3, 0.4) is 0 Å². The molecular weight excluding hydrogens is 302 g/mol. The maximum Gasteiger partial charge on any atom is 0.253 e. The van der Waals surface area contributed by atoms with E-state index in [0.717, 1.165) is 47.3 Å². The van der Waals surface area contributed by atoms with E-state index in [-0.39, 0.29) is 5.91 Å². The molecule has 0 bridgehead atoms. The van der Waals surface area contributed by atoms with Crippen LogP contribution in [0.25, 0.3) is 11.3 Å². The van der Waals surface area contributed by atoms with Gasteiger partial charge in [0.2, 0.25) is 0 Å². The first-order valence-electron chi connectivity index (χ1n) is 6.88. The molecule has 1 aromatic carbocycles. The van der Waals surface area contributed by atoms with Crippen molar-refractivity contribution in [1.29, 1.82) is 0 Å². The summed E-state index contributed by atoms with van der Waals surface area (Å²) in [7, 11) is 0. The maximum absolute atomic E-state index is 12.5. The Hall–Kier alpha value is -1.37. The molecular formula is C15H17N3OS2. The minimum absolute atomic E-state index is 0.110. The van der Waals surface area contributed by atoms with Crippen LogP contribution in [0, 0.1) is 0 Å². The molecule has 1 aliphatic heterocycles. The van der Waals surface area contributed by atoms with Gasteiger partial charge in [0.15, 0.2) is 0 Å². The number of piperazine rings is 1. The summed E-state index contributed by atoms with van der Waals surface area (Å²) in [6.07, 6.45) is 2.02. The van der Waals surface area contributed by atoms with Gasteiger partial charge in [0.1, 0.15) is 4.34 Å². The van der Waals surface area contributed by atoms with E-state index in [1.165, 1.54) is 0 Å². The molecule has 6 heteroatoms. The summed E-state index contributed by atoms with van der Waals surface area (Å²) in [6, 6.07) is 7.77. The molecule has 1 aliphatic rings. The molecule has 1 fully saturated rings. The fraction of sp³-hybridized carbons (Fsp3) is 0.333. The van der Waals surface area contributed by atoms with Crippen molar-refractivity contribution >= 4 is 29.0 Å². The second-order valence-electron chi connectivity index (χ2n) is 4.83. The Morgan fingerprint density at radius 3 is 2.90 bits per heavy atom. The summed E-state index contributed by atoms with van der Waals surface area (Å²) >= 11 is 3.28. The number of thioether (sulfide) groups is 1. The van der Waals surface area contributed by atoms with Crippen molar-refractivity contribution in [3.8, 4) is 11.3 Å². The molecule has 0 aliphatic carbocycles. The molecule has 2 aromatic rings. The number of benzene rings is 1. The number of carbonyl (C=O) groups is 1. The zero-order valence-corrected chi connectivity index (χ0v) is 13.5. The Morgan fingerprint density at radius 1 is 1.38 bits per heavy atom. The molecule has 0 radical (unpaired) electrons. The van der Waals surface area contributed by atoms with Crippen molar-refractivity contribution in [3.63, 3.8) is 0 Å². The average Bonchev–Trinajstić information content (AvgIpc) is 3.04. The van der Waals surface area contributed by atoms with Gasteiger partial charge in [-0.05, 0) is 18.4 Å². The largest absolute Gasteiger partial charge is 0.336 e. The van der Waals surface area contributed by atoms with Crippen LogP contribution >= 0.6 is 23.1 Å². The number of thiazole rings is 1. The van der Waals surface area contributed by atoms with Crippen LogP contribution in [0.2, 0.25) is 0 Å². The molecule has 1 aromatic heterocycles. The highest BCUT2D eigenvalue weighted by Crippen LogP contribution is 2.27. The Bertz CT molecular complexity index is 635. The standard InChI is InChI=1S/C15H17N3OS2/c1-20-15-17-13(10-21-15)11-3-2-4-12(9-11)14(19)18-7-5-16-6-8-18/h2-4,9-10,16H,5-8H2,1H3. The van der Waals surface area contributed by atoms with Gasteiger partial charge < -0.3 is 10.2 Å². The maximum atomic E-state index is 12.5. The van der Waals surface area contributed by atoms with Crippen molar-refractivity contribution < 1.29 is 4.79 Å². The first-order valence-corrected chi connectivity index (χ1v) is 8.98. The van der Waals surface area contributed by atoms with Gasteiger partial charge in [-0.3, -0.25) is 4.79 Å². The van der Waals surface area contributed by atoms with E-state index in [1.54, 1.807) is 23.1 Å². The Balaban J connectivity index is 1.83. The molecule has 0 saturated carbocycles. The summed E-state index contributed by atoms with van der Waals surface area (Å²) in [5, 5.41) is 5.30. The monoisotopic (exact) mass is 319 g/mol. The summed E-state index contributed by atoms with van der Waals surface area (Å²) in [4.78, 5) is 19.0. The number of hydrogen-bond acceptors (Lipinski definition) is 5. The molecule has 4 nitrogen and oxygen atoms in total. The Kier molecular flexibility index (Phi) is 4.57. The zero-order valence-electron chi connectivity index (χ0n) is 11.8. The summed E-state index contributed by atoms with van der Waals surface area (Å²) in [5.41, 5.74) is 2.69. The average molecular weight is 319 g/mol. The van der Waals surface area contributed by atoms with E-state index in [4.69, 9.17) is 0 Å². The highest BCUT2D eigenvalue weighted by Gasteiger charge is 2.18. The van der Waals surface area contributed by atoms with Crippen LogP contribution in [0.5, 0.6) is 0 Å². The normalized spacial score (nSPS) is 15.2. The highest BCUT2D eigenvalue weighted by molar-refractivity contribution is 8.00. The molecule has 110 valence electrons. The number of aromatic nitrogens is 1. The Morgan fingerprint density at radius 2 is 2.19 bits per heavy atom. The lowest BCUT2D eigenvalue weighted by molar-refractivity contribution is 0.0736. The van der Waals surface area contributed by atoms with Gasteiger partial charge in [-0.25, -0.2) is 4.98 Å². The zero-order chi connectivity index (χ0) is 14.7. The van der Waals surface area contributed by atoms with Crippen molar-refractivity contribution in [1.82, 2.24) is 15.2 Å². The number of nitrogens with zero attached hydrogens (tertiary/aromatic N) is 2. The summed E-state index contributed by atoms with van der Waals surface area (Å²) in [5.74, 6) is 0.110. The molecule has 1 saturated heterocycles. The van der Waals surface area contributed by atoms with Crippen molar-refractivity contribution in [2.24, 2.45) is 0 Å². The van der Waals surface area contributed by atoms with Crippen LogP contribution in [0.4, 0.5) is 0 Å². The number of amides is 1. The molecule has 0 atom stereocenters. The fourth-order valence-electron chi connectivity index (χ4n) is 2.35. The first-order chi connectivity index (χ1) is 10.3. The van der Waals surface area contributed by atoms with E-state index in [0.29, 0.717) is 0 Å². The lowest BCUT2D eigenvalue weighted by Crippen LogP contribution is -2.46. The molecule has 1 amide bonds. The summed E-state index contributed by atoms with van der Waals surface area (Å²) < 4.78 is 1.05. The van der Waals surface area contributed by atoms with Gasteiger partial charge >= 0.3 is 0 Å². The minimum Gasteiger partial charge on any atom is -0.336 e. The third-order valence-corrected chi connectivity index (χ3v) is 5.33. The van der Waals surface area contributed by atoms with Crippen LogP contribution in [-0.2, 0) is 0 Å². The van der Waals surface area contributed by atoms with Gasteiger partial charge in [0, 0.05) is 42.7 Å². The molecule has 1 N–H and O–H groups in total. The predicted octanol–water partition coefficient (Wildman–Crippen LogP) is 2.58. The summed E-state index contributed by atoms with van der Waals surface area (Å²) in [6.45, 7) is 3.29. The van der Waals surface area contributed by atoms with Gasteiger partial charge in [-0.15, -0.1) is 11.3 Å². The quantitative estimate of drug-likeness (QED) is 0.883. The highest BCUT2D eigenvalue weighted by atomic mass is 32.2. The van der Waals surface area contributed by atoms with Crippen molar-refractivity contribution in [3.05, 3.63) is 35.2 Å². The van der Waals surface area contributed by atoms with Gasteiger partial charge in [-0.2, -0.15) is 0 Å². The van der Waals surface area contributed by atoms with E-state index in [1.807, 2.05) is 40.8 Å². The van der Waals surface area contributed by atoms with Gasteiger partial charge in [0.25, 0.3) is 5.91 Å². The number of rotatable bonds is 3. The third-order valence-electron chi connectivity index (χ3n) is 3.47. The van der Waals surface area contributed by atoms with Crippen molar-refractivity contribution in [2.45, 2.75) is 4.34 Å². The Labute approximate surface area is 132 Å². The van der Waals surface area contributed by atoms with E-state index in [9.17, 15) is 4.79 Å². The van der Waals surface area contributed by atoms with Gasteiger partial charge in [0.05, 0.1) is 5.69 Å². The molecule has 3 rings (SSSR count). The second kappa shape index (κ2) is 6.60. The number of hydrogen-bond donors (Lipinski definition) is 1. The van der Waals surface area contributed by atoms with Crippen LogP contribution < -0.4 is 5.32 Å². The number of carbonyl (C=O) groups excluding carboxylic acids is 1.